The minimum atomic E-state index is -1.16. The molecule has 144 valence electrons. The highest BCUT2D eigenvalue weighted by Crippen LogP contribution is 2.11. The molecule has 0 bridgehead atoms. The van der Waals surface area contributed by atoms with Gasteiger partial charge < -0.3 is 19.7 Å². The van der Waals surface area contributed by atoms with Gasteiger partial charge in [-0.2, -0.15) is 0 Å². The summed E-state index contributed by atoms with van der Waals surface area (Å²) in [4.78, 5) is 23.6. The van der Waals surface area contributed by atoms with Gasteiger partial charge in [0.2, 0.25) is 0 Å². The maximum absolute atomic E-state index is 12.6. The number of amides is 1. The number of nitrogens with one attached hydrogen (secondary N) is 1. The molecule has 0 aliphatic carbocycles. The molecule has 0 aromatic heterocycles. The van der Waals surface area contributed by atoms with Crippen molar-refractivity contribution in [3.8, 4) is 0 Å². The second kappa shape index (κ2) is 9.33. The molecule has 1 amide bonds. The zero-order valence-electron chi connectivity index (χ0n) is 16.3. The summed E-state index contributed by atoms with van der Waals surface area (Å²) in [6, 6.07) is 17.2. The van der Waals surface area contributed by atoms with Crippen LogP contribution in [0.4, 0.5) is 0 Å². The second-order valence-corrected chi connectivity index (χ2v) is 7.91. The van der Waals surface area contributed by atoms with Gasteiger partial charge in [-0.25, -0.2) is 0 Å². The van der Waals surface area contributed by atoms with Crippen molar-refractivity contribution in [2.24, 2.45) is 0 Å². The van der Waals surface area contributed by atoms with Crippen LogP contribution in [0.1, 0.15) is 27.9 Å². The van der Waals surface area contributed by atoms with E-state index < -0.39 is 12.0 Å². The number of carboxylic acid groups (broad SMARTS) is 1. The van der Waals surface area contributed by atoms with E-state index in [1.54, 1.807) is 6.07 Å². The minimum Gasteiger partial charge on any atom is -0.550 e. The predicted octanol–water partition coefficient (Wildman–Crippen LogP) is 1.42. The first-order valence-electron chi connectivity index (χ1n) is 9.17. The lowest BCUT2D eigenvalue weighted by Gasteiger charge is -2.30. The van der Waals surface area contributed by atoms with Crippen LogP contribution in [-0.4, -0.2) is 50.1 Å². The number of likely N-dealkylation sites (N-methyl/N-ethyl adjacent to an activating group) is 1. The van der Waals surface area contributed by atoms with Crippen LogP contribution in [0.3, 0.4) is 0 Å². The standard InChI is InChI=1S/C22H28N2O3/c1-24(2,3)16-20(15-21(25)26)23-22(27)19-11-7-10-18(14-19)13-12-17-8-5-4-6-9-17/h4-11,14,20H,12-13,15-16H2,1-3H3,(H-,23,25,26,27)/t20-/m1/s1. The number of nitrogens with zero attached hydrogens (tertiary/aromatic N) is 1. The van der Waals surface area contributed by atoms with Gasteiger partial charge in [-0.15, -0.1) is 0 Å². The average Bonchev–Trinajstić information content (AvgIpc) is 2.59. The lowest BCUT2D eigenvalue weighted by molar-refractivity contribution is -0.871. The number of aryl methyl sites for hydroxylation is 2. The summed E-state index contributed by atoms with van der Waals surface area (Å²) in [6.07, 6.45) is 1.54. The van der Waals surface area contributed by atoms with Gasteiger partial charge in [0.25, 0.3) is 5.91 Å². The third-order valence-corrected chi connectivity index (χ3v) is 4.25. The van der Waals surface area contributed by atoms with E-state index >= 15 is 0 Å². The Morgan fingerprint density at radius 2 is 1.59 bits per heavy atom. The van der Waals surface area contributed by atoms with E-state index in [9.17, 15) is 14.7 Å². The first-order valence-corrected chi connectivity index (χ1v) is 9.17. The lowest BCUT2D eigenvalue weighted by Crippen LogP contribution is -2.50. The smallest absolute Gasteiger partial charge is 0.251 e. The molecule has 0 fully saturated rings. The Labute approximate surface area is 161 Å². The van der Waals surface area contributed by atoms with Gasteiger partial charge in [0.1, 0.15) is 0 Å². The van der Waals surface area contributed by atoms with E-state index in [0.717, 1.165) is 18.4 Å². The van der Waals surface area contributed by atoms with Crippen LogP contribution in [0.5, 0.6) is 0 Å². The van der Waals surface area contributed by atoms with Crippen LogP contribution in [0, 0.1) is 0 Å². The minimum absolute atomic E-state index is 0.199. The fourth-order valence-electron chi connectivity index (χ4n) is 3.09. The first-order chi connectivity index (χ1) is 12.7. The van der Waals surface area contributed by atoms with Gasteiger partial charge in [0.15, 0.2) is 0 Å². The molecule has 0 saturated carbocycles. The predicted molar refractivity (Wildman–Crippen MR) is 104 cm³/mol. The molecule has 2 rings (SSSR count). The summed E-state index contributed by atoms with van der Waals surface area (Å²) >= 11 is 0. The molecule has 5 heteroatoms. The SMILES string of the molecule is C[N+](C)(C)C[C@@H](CC(=O)[O-])NC(=O)c1cccc(CCc2ccccc2)c1. The quantitative estimate of drug-likeness (QED) is 0.681. The van der Waals surface area contributed by atoms with Crippen LogP contribution in [0.15, 0.2) is 54.6 Å². The summed E-state index contributed by atoms with van der Waals surface area (Å²) < 4.78 is 0.551. The molecule has 2 aromatic rings. The van der Waals surface area contributed by atoms with Gasteiger partial charge in [-0.3, -0.25) is 4.79 Å². The van der Waals surface area contributed by atoms with Gasteiger partial charge in [-0.05, 0) is 36.1 Å². The van der Waals surface area contributed by atoms with Crippen molar-refractivity contribution in [1.82, 2.24) is 5.32 Å². The topological polar surface area (TPSA) is 69.2 Å². The average molecular weight is 368 g/mol. The Bertz CT molecular complexity index is 767. The molecule has 0 saturated heterocycles. The number of carbonyl (C=O) groups excluding carboxylic acids is 2. The lowest BCUT2D eigenvalue weighted by atomic mass is 10.0. The van der Waals surface area contributed by atoms with Crippen molar-refractivity contribution in [3.05, 3.63) is 71.3 Å². The number of hydrogen-bond donors (Lipinski definition) is 1. The summed E-state index contributed by atoms with van der Waals surface area (Å²) in [5, 5.41) is 13.9. The summed E-state index contributed by atoms with van der Waals surface area (Å²) in [6.45, 7) is 0.507. The maximum atomic E-state index is 12.6. The van der Waals surface area contributed by atoms with E-state index in [4.69, 9.17) is 0 Å². The van der Waals surface area contributed by atoms with Crippen molar-refractivity contribution >= 4 is 11.9 Å². The number of benzene rings is 2. The van der Waals surface area contributed by atoms with Crippen molar-refractivity contribution in [1.29, 1.82) is 0 Å². The Kier molecular flexibility index (Phi) is 7.13. The highest BCUT2D eigenvalue weighted by molar-refractivity contribution is 5.94. The highest BCUT2D eigenvalue weighted by Gasteiger charge is 2.21. The van der Waals surface area contributed by atoms with Gasteiger partial charge in [-0.1, -0.05) is 42.5 Å². The van der Waals surface area contributed by atoms with Crippen molar-refractivity contribution in [3.63, 3.8) is 0 Å². The summed E-state index contributed by atoms with van der Waals surface area (Å²) in [5.74, 6) is -1.42. The molecule has 0 heterocycles. The molecular weight excluding hydrogens is 340 g/mol. The first kappa shape index (κ1) is 20.6. The molecule has 0 unspecified atom stereocenters. The number of hydrogen-bond acceptors (Lipinski definition) is 3. The van der Waals surface area contributed by atoms with Crippen LogP contribution in [-0.2, 0) is 17.6 Å². The van der Waals surface area contributed by atoms with Crippen molar-refractivity contribution in [2.45, 2.75) is 25.3 Å². The van der Waals surface area contributed by atoms with Gasteiger partial charge in [0, 0.05) is 18.0 Å². The van der Waals surface area contributed by atoms with Crippen LogP contribution in [0.25, 0.3) is 0 Å². The fraction of sp³-hybridized carbons (Fsp3) is 0.364. The summed E-state index contributed by atoms with van der Waals surface area (Å²) in [7, 11) is 5.87. The fourth-order valence-corrected chi connectivity index (χ4v) is 3.09. The molecule has 0 radical (unpaired) electrons. The van der Waals surface area contributed by atoms with E-state index in [0.29, 0.717) is 16.6 Å². The Hall–Kier alpha value is -2.66. The van der Waals surface area contributed by atoms with E-state index in [-0.39, 0.29) is 12.3 Å². The molecular formula is C22H28N2O3. The number of carbonyl (C=O) groups is 2. The number of aliphatic carboxylic acids is 1. The molecule has 1 N–H and O–H groups in total. The molecule has 5 nitrogen and oxygen atoms in total. The molecule has 27 heavy (non-hydrogen) atoms. The monoisotopic (exact) mass is 368 g/mol. The zero-order chi connectivity index (χ0) is 19.9. The van der Waals surface area contributed by atoms with Crippen molar-refractivity contribution < 1.29 is 19.2 Å². The molecule has 0 aliphatic rings. The van der Waals surface area contributed by atoms with E-state index in [1.165, 1.54) is 5.56 Å². The molecule has 0 spiro atoms. The van der Waals surface area contributed by atoms with Gasteiger partial charge in [0.05, 0.1) is 33.7 Å². The van der Waals surface area contributed by atoms with Crippen molar-refractivity contribution in [2.75, 3.05) is 27.7 Å². The Morgan fingerprint density at radius 1 is 0.963 bits per heavy atom. The van der Waals surface area contributed by atoms with Crippen LogP contribution >= 0.6 is 0 Å². The van der Waals surface area contributed by atoms with E-state index in [1.807, 2.05) is 57.5 Å². The normalized spacial score (nSPS) is 12.4. The maximum Gasteiger partial charge on any atom is 0.251 e. The largest absolute Gasteiger partial charge is 0.550 e. The number of quaternary nitrogens is 1. The Morgan fingerprint density at radius 3 is 2.22 bits per heavy atom. The third-order valence-electron chi connectivity index (χ3n) is 4.25. The third kappa shape index (κ3) is 7.62. The van der Waals surface area contributed by atoms with E-state index in [2.05, 4.69) is 17.4 Å². The van der Waals surface area contributed by atoms with Crippen LogP contribution < -0.4 is 10.4 Å². The highest BCUT2D eigenvalue weighted by atomic mass is 16.4. The van der Waals surface area contributed by atoms with Gasteiger partial charge >= 0.3 is 0 Å². The number of carboxylic acids is 1. The molecule has 1 atom stereocenters. The Balaban J connectivity index is 2.03. The summed E-state index contributed by atoms with van der Waals surface area (Å²) in [5.41, 5.74) is 2.88. The number of rotatable bonds is 9. The molecule has 0 aliphatic heterocycles. The second-order valence-electron chi connectivity index (χ2n) is 7.91. The molecule has 2 aromatic carbocycles. The zero-order valence-corrected chi connectivity index (χ0v) is 16.3. The van der Waals surface area contributed by atoms with Crippen LogP contribution in [0.2, 0.25) is 0 Å².